The van der Waals surface area contributed by atoms with E-state index in [1.54, 1.807) is 0 Å². The van der Waals surface area contributed by atoms with Crippen LogP contribution in [0.3, 0.4) is 0 Å². The molecule has 1 atom stereocenters. The monoisotopic (exact) mass is 354 g/mol. The Morgan fingerprint density at radius 1 is 0.952 bits per heavy atom. The van der Waals surface area contributed by atoms with E-state index >= 15 is 0 Å². The third-order valence-corrected chi connectivity index (χ3v) is 3.86. The molecule has 1 aromatic carbocycles. The number of halogens is 2. The second kappa shape index (κ2) is 7.82. The van der Waals surface area contributed by atoms with Gasteiger partial charge in [0.1, 0.15) is 0 Å². The number of benzene rings is 1. The molecule has 0 bridgehead atoms. The van der Waals surface area contributed by atoms with Crippen LogP contribution in [0, 0.1) is 0 Å². The van der Waals surface area contributed by atoms with Crippen molar-refractivity contribution in [2.75, 3.05) is 0 Å². The van der Waals surface area contributed by atoms with Crippen LogP contribution in [0.5, 0.6) is 0 Å². The van der Waals surface area contributed by atoms with Crippen LogP contribution in [0.1, 0.15) is 11.3 Å². The molecule has 0 saturated heterocycles. The Morgan fingerprint density at radius 2 is 1.67 bits per heavy atom. The molecule has 3 rings (SSSR count). The summed E-state index contributed by atoms with van der Waals surface area (Å²) in [4.78, 5) is 4.40. The third-order valence-electron chi connectivity index (χ3n) is 3.24. The van der Waals surface area contributed by atoms with E-state index in [1.807, 2.05) is 24.4 Å². The Bertz CT molecular complexity index is 626. The van der Waals surface area contributed by atoms with Crippen molar-refractivity contribution in [1.29, 1.82) is 0 Å². The minimum atomic E-state index is -0.0560. The molecule has 0 saturated carbocycles. The zero-order chi connectivity index (χ0) is 13.1. The number of aromatic nitrogens is 1. The van der Waals surface area contributed by atoms with Crippen LogP contribution in [0.25, 0.3) is 5.57 Å². The summed E-state index contributed by atoms with van der Waals surface area (Å²) < 4.78 is -0.0560. The fourth-order valence-electron chi connectivity index (χ4n) is 2.30. The average molecular weight is 355 g/mol. The van der Waals surface area contributed by atoms with Crippen molar-refractivity contribution in [3.63, 3.8) is 0 Å². The fraction of sp³-hybridized carbons (Fsp3) is 0.118. The minimum absolute atomic E-state index is 0. The van der Waals surface area contributed by atoms with Crippen LogP contribution in [0.4, 0.5) is 0 Å². The van der Waals surface area contributed by atoms with Gasteiger partial charge >= 0.3 is 122 Å². The molecule has 4 heteroatoms. The van der Waals surface area contributed by atoms with Gasteiger partial charge in [0, 0.05) is 0 Å². The van der Waals surface area contributed by atoms with Crippen LogP contribution in [0.2, 0.25) is 4.28 Å². The quantitative estimate of drug-likeness (QED) is 0.620. The molecular formula is C17H14Cl2CrN. The molecule has 21 heavy (non-hydrogen) atoms. The van der Waals surface area contributed by atoms with Crippen LogP contribution in [-0.2, 0) is 22.7 Å². The number of hydrogen-bond donors (Lipinski definition) is 0. The number of allylic oxidation sites excluding steroid dienone is 4. The normalized spacial score (nSPS) is 19.3. The van der Waals surface area contributed by atoms with Crippen LogP contribution >= 0.6 is 0 Å². The Labute approximate surface area is 146 Å². The molecule has 1 nitrogen and oxygen atoms in total. The van der Waals surface area contributed by atoms with Gasteiger partial charge in [-0.3, -0.25) is 0 Å². The van der Waals surface area contributed by atoms with E-state index in [9.17, 15) is 0 Å². The number of rotatable bonds is 3. The van der Waals surface area contributed by atoms with Crippen molar-refractivity contribution in [2.45, 2.75) is 10.7 Å². The van der Waals surface area contributed by atoms with E-state index in [-0.39, 0.29) is 29.1 Å². The van der Waals surface area contributed by atoms with Crippen molar-refractivity contribution in [3.8, 4) is 0 Å². The van der Waals surface area contributed by atoms with E-state index in [2.05, 4.69) is 69.8 Å². The average Bonchev–Trinajstić information content (AvgIpc) is 2.83. The number of pyridine rings is 1. The van der Waals surface area contributed by atoms with Crippen molar-refractivity contribution < 1.29 is 41.1 Å². The van der Waals surface area contributed by atoms with Gasteiger partial charge in [-0.1, -0.05) is 0 Å². The zero-order valence-electron chi connectivity index (χ0n) is 11.2. The van der Waals surface area contributed by atoms with E-state index in [1.165, 1.54) is 11.1 Å². The maximum atomic E-state index is 4.40. The van der Waals surface area contributed by atoms with Gasteiger partial charge < -0.3 is 24.8 Å². The molecule has 0 spiro atoms. The summed E-state index contributed by atoms with van der Waals surface area (Å²) in [5.41, 5.74) is 3.64. The predicted octanol–water partition coefficient (Wildman–Crippen LogP) is -2.01. The molecule has 1 aromatic heterocycles. The molecule has 1 unspecified atom stereocenters. The first-order valence-corrected chi connectivity index (χ1v) is 6.97. The van der Waals surface area contributed by atoms with E-state index in [0.29, 0.717) is 0 Å². The first-order valence-electron chi connectivity index (χ1n) is 6.33. The first-order chi connectivity index (χ1) is 9.25. The molecule has 1 aliphatic carbocycles. The maximum absolute atomic E-state index is 4.40. The van der Waals surface area contributed by atoms with E-state index in [4.69, 9.17) is 0 Å². The molecule has 0 radical (unpaired) electrons. The summed E-state index contributed by atoms with van der Waals surface area (Å²) in [7, 11) is 0. The molecule has 107 valence electrons. The van der Waals surface area contributed by atoms with Crippen LogP contribution < -0.4 is 24.8 Å². The molecule has 1 aliphatic rings. The second-order valence-corrected chi connectivity index (χ2v) is 5.94. The molecule has 1 heterocycles. The first kappa shape index (κ1) is 18.0. The number of nitrogens with zero attached hydrogens (tertiary/aromatic N) is 1. The number of hydrogen-bond acceptors (Lipinski definition) is 1. The molecular weight excluding hydrogens is 341 g/mol. The summed E-state index contributed by atoms with van der Waals surface area (Å²) in [6.07, 6.45) is 9.44. The zero-order valence-corrected chi connectivity index (χ0v) is 14.0. The molecule has 2 aromatic rings. The van der Waals surface area contributed by atoms with Crippen molar-refractivity contribution in [3.05, 3.63) is 84.2 Å². The van der Waals surface area contributed by atoms with E-state index in [0.717, 1.165) is 12.1 Å². The Hall–Kier alpha value is -1.04. The summed E-state index contributed by atoms with van der Waals surface area (Å²) >= 11 is 3.30. The summed E-state index contributed by atoms with van der Waals surface area (Å²) in [5.74, 6) is 0. The van der Waals surface area contributed by atoms with Crippen LogP contribution in [-0.4, -0.2) is 4.98 Å². The van der Waals surface area contributed by atoms with Gasteiger partial charge in [-0.25, -0.2) is 0 Å². The summed E-state index contributed by atoms with van der Waals surface area (Å²) in [6, 6.07) is 16.5. The Kier molecular flexibility index (Phi) is 6.71. The molecule has 0 amide bonds. The molecule has 0 N–H and O–H groups in total. The van der Waals surface area contributed by atoms with Gasteiger partial charge in [0.05, 0.1) is 0 Å². The van der Waals surface area contributed by atoms with Crippen LogP contribution in [0.15, 0.2) is 73.0 Å². The fourth-order valence-corrected chi connectivity index (χ4v) is 2.83. The van der Waals surface area contributed by atoms with Crippen molar-refractivity contribution in [1.82, 2.24) is 4.98 Å². The standard InChI is InChI=1S/C17H14N.2ClH.Cr/c1-2-6-15(7-3-1)16-10-9-14(12-16)13-17-8-4-5-11-18-17;;;/h1-12H,13H2;2*1H;/q;;;+2/p-2. The van der Waals surface area contributed by atoms with Gasteiger partial charge in [0.25, 0.3) is 0 Å². The van der Waals surface area contributed by atoms with E-state index < -0.39 is 0 Å². The van der Waals surface area contributed by atoms with Crippen molar-refractivity contribution in [2.24, 2.45) is 0 Å². The van der Waals surface area contributed by atoms with Gasteiger partial charge in [-0.2, -0.15) is 0 Å². The Morgan fingerprint density at radius 3 is 2.33 bits per heavy atom. The summed E-state index contributed by atoms with van der Waals surface area (Å²) in [6.45, 7) is 0. The van der Waals surface area contributed by atoms with Gasteiger partial charge in [-0.05, 0) is 0 Å². The topological polar surface area (TPSA) is 12.9 Å². The van der Waals surface area contributed by atoms with Gasteiger partial charge in [0.2, 0.25) is 0 Å². The summed E-state index contributed by atoms with van der Waals surface area (Å²) in [5, 5.41) is 0. The molecule has 0 aliphatic heterocycles. The Balaban J connectivity index is 0.00000110. The molecule has 0 fully saturated rings. The predicted molar refractivity (Wildman–Crippen MR) is 74.2 cm³/mol. The van der Waals surface area contributed by atoms with Crippen molar-refractivity contribution >= 4 is 5.57 Å². The van der Waals surface area contributed by atoms with Gasteiger partial charge in [-0.15, -0.1) is 0 Å². The second-order valence-electron chi connectivity index (χ2n) is 4.75. The SMILES string of the molecule is [Cl-].[Cl-].[Cr+2][C]1(Cc2ccccn2)C=CC(c2ccccc2)=C1. The third kappa shape index (κ3) is 4.46. The van der Waals surface area contributed by atoms with Gasteiger partial charge in [0.15, 0.2) is 0 Å².